The SMILES string of the molecule is C[C@H](Oc1ccc([N+](=O)[O-])cc1)C(=O)c1ccc(OC(F)F)cc1. The fraction of sp³-hybridized carbons (Fsp3) is 0.188. The number of hydrogen-bond acceptors (Lipinski definition) is 5. The van der Waals surface area contributed by atoms with Crippen LogP contribution in [0, 0.1) is 10.1 Å². The highest BCUT2D eigenvalue weighted by molar-refractivity contribution is 5.99. The number of non-ortho nitro benzene ring substituents is 1. The highest BCUT2D eigenvalue weighted by atomic mass is 19.3. The molecule has 0 saturated carbocycles. The van der Waals surface area contributed by atoms with Gasteiger partial charge in [-0.05, 0) is 43.3 Å². The minimum Gasteiger partial charge on any atom is -0.483 e. The average Bonchev–Trinajstić information content (AvgIpc) is 2.54. The molecule has 0 fully saturated rings. The predicted octanol–water partition coefficient (Wildman–Crippen LogP) is 3.85. The molecule has 2 aromatic rings. The van der Waals surface area contributed by atoms with Crippen molar-refractivity contribution in [2.45, 2.75) is 19.6 Å². The second-order valence-electron chi connectivity index (χ2n) is 4.78. The Hall–Kier alpha value is -3.03. The Balaban J connectivity index is 2.02. The molecule has 6 nitrogen and oxygen atoms in total. The number of Topliss-reactive ketones (excluding diaryl/α,β-unsaturated/α-hetero) is 1. The molecule has 0 spiro atoms. The van der Waals surface area contributed by atoms with Gasteiger partial charge in [0.25, 0.3) is 5.69 Å². The van der Waals surface area contributed by atoms with Crippen LogP contribution in [0.1, 0.15) is 17.3 Å². The van der Waals surface area contributed by atoms with Gasteiger partial charge in [-0.25, -0.2) is 0 Å². The van der Waals surface area contributed by atoms with Gasteiger partial charge in [-0.15, -0.1) is 0 Å². The fourth-order valence-corrected chi connectivity index (χ4v) is 1.94. The first-order chi connectivity index (χ1) is 11.4. The van der Waals surface area contributed by atoms with Crippen molar-refractivity contribution >= 4 is 11.5 Å². The summed E-state index contributed by atoms with van der Waals surface area (Å²) in [5, 5.41) is 10.6. The van der Waals surface area contributed by atoms with E-state index in [1.807, 2.05) is 0 Å². The van der Waals surface area contributed by atoms with Crippen molar-refractivity contribution in [1.29, 1.82) is 0 Å². The highest BCUT2D eigenvalue weighted by Crippen LogP contribution is 2.20. The van der Waals surface area contributed by atoms with Gasteiger partial charge in [0.1, 0.15) is 11.5 Å². The van der Waals surface area contributed by atoms with Crippen LogP contribution in [0.25, 0.3) is 0 Å². The maximum Gasteiger partial charge on any atom is 0.387 e. The first-order valence-electron chi connectivity index (χ1n) is 6.87. The van der Waals surface area contributed by atoms with Gasteiger partial charge in [-0.1, -0.05) is 0 Å². The van der Waals surface area contributed by atoms with E-state index in [0.717, 1.165) is 0 Å². The van der Waals surface area contributed by atoms with Gasteiger partial charge in [-0.3, -0.25) is 14.9 Å². The van der Waals surface area contributed by atoms with Crippen molar-refractivity contribution < 1.29 is 28.0 Å². The standard InChI is InChI=1S/C16H13F2NO5/c1-10(23-13-8-4-12(5-9-13)19(21)22)15(20)11-2-6-14(7-3-11)24-16(17)18/h2-10,16H,1H3/t10-/m0/s1. The summed E-state index contributed by atoms with van der Waals surface area (Å²) >= 11 is 0. The molecule has 0 aliphatic rings. The Morgan fingerprint density at radius 2 is 1.50 bits per heavy atom. The molecule has 0 aliphatic carbocycles. The van der Waals surface area contributed by atoms with Gasteiger partial charge < -0.3 is 9.47 Å². The number of hydrogen-bond donors (Lipinski definition) is 0. The molecule has 126 valence electrons. The molecule has 24 heavy (non-hydrogen) atoms. The lowest BCUT2D eigenvalue weighted by atomic mass is 10.1. The molecule has 2 rings (SSSR count). The number of halogens is 2. The number of carbonyl (C=O) groups excluding carboxylic acids is 1. The maximum absolute atomic E-state index is 12.2. The van der Waals surface area contributed by atoms with Gasteiger partial charge in [0.05, 0.1) is 4.92 Å². The molecule has 0 heterocycles. The number of nitro groups is 1. The van der Waals surface area contributed by atoms with Crippen molar-refractivity contribution in [3.05, 3.63) is 64.2 Å². The first kappa shape index (κ1) is 17.3. The Labute approximate surface area is 135 Å². The number of alkyl halides is 2. The van der Waals surface area contributed by atoms with E-state index >= 15 is 0 Å². The lowest BCUT2D eigenvalue weighted by Crippen LogP contribution is -2.23. The lowest BCUT2D eigenvalue weighted by molar-refractivity contribution is -0.384. The quantitative estimate of drug-likeness (QED) is 0.436. The predicted molar refractivity (Wildman–Crippen MR) is 80.6 cm³/mol. The summed E-state index contributed by atoms with van der Waals surface area (Å²) in [6.45, 7) is -1.41. The van der Waals surface area contributed by atoms with E-state index in [1.165, 1.54) is 55.5 Å². The van der Waals surface area contributed by atoms with Crippen LogP contribution < -0.4 is 9.47 Å². The van der Waals surface area contributed by atoms with E-state index in [4.69, 9.17) is 4.74 Å². The summed E-state index contributed by atoms with van der Waals surface area (Å²) in [6, 6.07) is 10.6. The summed E-state index contributed by atoms with van der Waals surface area (Å²) < 4.78 is 33.8. The summed E-state index contributed by atoms with van der Waals surface area (Å²) in [7, 11) is 0. The highest BCUT2D eigenvalue weighted by Gasteiger charge is 2.18. The number of ether oxygens (including phenoxy) is 2. The second-order valence-corrected chi connectivity index (χ2v) is 4.78. The lowest BCUT2D eigenvalue weighted by Gasteiger charge is -2.14. The molecule has 0 aliphatic heterocycles. The zero-order valence-electron chi connectivity index (χ0n) is 12.5. The Bertz CT molecular complexity index is 716. The number of rotatable bonds is 7. The van der Waals surface area contributed by atoms with Gasteiger partial charge in [0.15, 0.2) is 6.10 Å². The van der Waals surface area contributed by atoms with Crippen LogP contribution in [-0.2, 0) is 0 Å². The summed E-state index contributed by atoms with van der Waals surface area (Å²) in [6.07, 6.45) is -0.853. The monoisotopic (exact) mass is 337 g/mol. The zero-order valence-corrected chi connectivity index (χ0v) is 12.5. The van der Waals surface area contributed by atoms with Gasteiger partial charge in [0, 0.05) is 17.7 Å². The number of nitro benzene ring substituents is 1. The first-order valence-corrected chi connectivity index (χ1v) is 6.87. The molecule has 0 unspecified atom stereocenters. The zero-order chi connectivity index (χ0) is 17.7. The van der Waals surface area contributed by atoms with Crippen LogP contribution in [-0.4, -0.2) is 23.4 Å². The molecular formula is C16H13F2NO5. The number of carbonyl (C=O) groups is 1. The smallest absolute Gasteiger partial charge is 0.387 e. The molecule has 1 atom stereocenters. The molecule has 0 N–H and O–H groups in total. The molecule has 8 heteroatoms. The van der Waals surface area contributed by atoms with Crippen LogP contribution in [0.4, 0.5) is 14.5 Å². The topological polar surface area (TPSA) is 78.7 Å². The van der Waals surface area contributed by atoms with Gasteiger partial charge >= 0.3 is 6.61 Å². The van der Waals surface area contributed by atoms with Crippen molar-refractivity contribution in [2.75, 3.05) is 0 Å². The average molecular weight is 337 g/mol. The number of nitrogens with zero attached hydrogens (tertiary/aromatic N) is 1. The Morgan fingerprint density at radius 1 is 1.00 bits per heavy atom. The summed E-state index contributed by atoms with van der Waals surface area (Å²) in [5.41, 5.74) is 0.182. The van der Waals surface area contributed by atoms with E-state index in [2.05, 4.69) is 4.74 Å². The molecule has 0 aromatic heterocycles. The third-order valence-electron chi connectivity index (χ3n) is 3.09. The molecule has 0 bridgehead atoms. The van der Waals surface area contributed by atoms with E-state index in [-0.39, 0.29) is 22.8 Å². The van der Waals surface area contributed by atoms with Crippen molar-refractivity contribution in [2.24, 2.45) is 0 Å². The molecule has 0 radical (unpaired) electrons. The van der Waals surface area contributed by atoms with Crippen LogP contribution >= 0.6 is 0 Å². The largest absolute Gasteiger partial charge is 0.483 e. The van der Waals surface area contributed by atoms with Gasteiger partial charge in [-0.2, -0.15) is 8.78 Å². The Morgan fingerprint density at radius 3 is 2.00 bits per heavy atom. The minimum atomic E-state index is -2.93. The maximum atomic E-state index is 12.2. The van der Waals surface area contributed by atoms with Crippen LogP contribution in [0.5, 0.6) is 11.5 Å². The van der Waals surface area contributed by atoms with Crippen molar-refractivity contribution in [3.8, 4) is 11.5 Å². The van der Waals surface area contributed by atoms with E-state index in [0.29, 0.717) is 5.75 Å². The Kier molecular flexibility index (Phi) is 5.41. The minimum absolute atomic E-state index is 0.0505. The fourth-order valence-electron chi connectivity index (χ4n) is 1.94. The van der Waals surface area contributed by atoms with E-state index in [9.17, 15) is 23.7 Å². The summed E-state index contributed by atoms with van der Waals surface area (Å²) in [5.74, 6) is -0.110. The second kappa shape index (κ2) is 7.49. The molecule has 0 saturated heterocycles. The third-order valence-corrected chi connectivity index (χ3v) is 3.09. The van der Waals surface area contributed by atoms with Gasteiger partial charge in [0.2, 0.25) is 5.78 Å². The number of ketones is 1. The van der Waals surface area contributed by atoms with Crippen LogP contribution in [0.15, 0.2) is 48.5 Å². The molecule has 2 aromatic carbocycles. The van der Waals surface area contributed by atoms with E-state index in [1.54, 1.807) is 0 Å². The normalized spacial score (nSPS) is 11.8. The molecule has 0 amide bonds. The third kappa shape index (κ3) is 4.48. The van der Waals surface area contributed by atoms with Crippen molar-refractivity contribution in [3.63, 3.8) is 0 Å². The van der Waals surface area contributed by atoms with E-state index < -0.39 is 17.6 Å². The van der Waals surface area contributed by atoms with Crippen molar-refractivity contribution in [1.82, 2.24) is 0 Å². The number of benzene rings is 2. The van der Waals surface area contributed by atoms with Crippen LogP contribution in [0.3, 0.4) is 0 Å². The van der Waals surface area contributed by atoms with Crippen LogP contribution in [0.2, 0.25) is 0 Å². The molecular weight excluding hydrogens is 324 g/mol. The summed E-state index contributed by atoms with van der Waals surface area (Å²) in [4.78, 5) is 22.3.